The van der Waals surface area contributed by atoms with Crippen LogP contribution >= 0.6 is 23.2 Å². The smallest absolute Gasteiger partial charge is 0.223 e. The number of fused-ring (bicyclic) bond motifs is 1. The van der Waals surface area contributed by atoms with E-state index in [-0.39, 0.29) is 17.7 Å². The summed E-state index contributed by atoms with van der Waals surface area (Å²) in [5.74, 6) is 1.94. The minimum absolute atomic E-state index is 0.0122. The summed E-state index contributed by atoms with van der Waals surface area (Å²) in [5, 5.41) is 8.31. The number of nitrogens with one attached hydrogen (secondary N) is 2. The molecule has 0 radical (unpaired) electrons. The van der Waals surface area contributed by atoms with Crippen LogP contribution in [0, 0.1) is 5.92 Å². The molecule has 2 aliphatic rings. The molecule has 13 heteroatoms. The summed E-state index contributed by atoms with van der Waals surface area (Å²) in [6, 6.07) is 3.38. The average Bonchev–Trinajstić information content (AvgIpc) is 3.03. The first kappa shape index (κ1) is 32.2. The Bertz CT molecular complexity index is 1470. The number of allylic oxidation sites excluding steroid dienone is 1. The minimum atomic E-state index is -0.118. The van der Waals surface area contributed by atoms with Crippen LogP contribution in [0.15, 0.2) is 31.0 Å². The quantitative estimate of drug-likeness (QED) is 0.269. The number of carbonyl (C=O) groups excluding carboxylic acids is 1. The van der Waals surface area contributed by atoms with Crippen LogP contribution in [0.3, 0.4) is 0 Å². The van der Waals surface area contributed by atoms with Gasteiger partial charge in [0, 0.05) is 75.5 Å². The van der Waals surface area contributed by atoms with Crippen molar-refractivity contribution in [3.8, 4) is 22.8 Å². The van der Waals surface area contributed by atoms with Gasteiger partial charge in [-0.3, -0.25) is 9.69 Å². The van der Waals surface area contributed by atoms with Gasteiger partial charge in [0.2, 0.25) is 5.95 Å². The first-order chi connectivity index (χ1) is 21.3. The van der Waals surface area contributed by atoms with E-state index in [0.29, 0.717) is 76.3 Å². The third-order valence-electron chi connectivity index (χ3n) is 8.22. The lowest BCUT2D eigenvalue weighted by atomic mass is 9.90. The number of rotatable bonds is 12. The fraction of sp³-hybridized carbons (Fsp3) is 0.484. The van der Waals surface area contributed by atoms with Crippen molar-refractivity contribution in [1.82, 2.24) is 24.8 Å². The van der Waals surface area contributed by atoms with Gasteiger partial charge in [0.25, 0.3) is 0 Å². The van der Waals surface area contributed by atoms with Crippen LogP contribution in [0.5, 0.6) is 11.5 Å². The summed E-state index contributed by atoms with van der Waals surface area (Å²) >= 11 is 13.5. The fourth-order valence-corrected chi connectivity index (χ4v) is 6.26. The average molecular weight is 645 g/mol. The highest BCUT2D eigenvalue weighted by Crippen LogP contribution is 2.46. The lowest BCUT2D eigenvalue weighted by molar-refractivity contribution is -0.116. The van der Waals surface area contributed by atoms with Gasteiger partial charge in [0.15, 0.2) is 11.6 Å². The number of ether oxygens (including phenoxy) is 3. The third kappa shape index (κ3) is 7.35. The number of hydrogen-bond donors (Lipinski definition) is 2. The molecule has 0 spiro atoms. The van der Waals surface area contributed by atoms with Crippen molar-refractivity contribution in [2.75, 3.05) is 84.4 Å². The van der Waals surface area contributed by atoms with E-state index < -0.39 is 0 Å². The molecule has 4 heterocycles. The maximum Gasteiger partial charge on any atom is 0.223 e. The fourth-order valence-electron chi connectivity index (χ4n) is 5.57. The molecule has 44 heavy (non-hydrogen) atoms. The van der Waals surface area contributed by atoms with Crippen LogP contribution in [0.2, 0.25) is 10.0 Å². The van der Waals surface area contributed by atoms with E-state index in [1.807, 2.05) is 6.07 Å². The number of hydrogen-bond acceptors (Lipinski definition) is 11. The molecular formula is C31H39Cl2N7O4. The van der Waals surface area contributed by atoms with Crippen LogP contribution in [-0.4, -0.2) is 110 Å². The summed E-state index contributed by atoms with van der Waals surface area (Å²) in [5.41, 5.74) is 1.66. The van der Waals surface area contributed by atoms with Crippen LogP contribution in [0.25, 0.3) is 22.2 Å². The normalized spacial score (nSPS) is 19.5. The molecule has 2 atom stereocenters. The molecule has 2 aliphatic heterocycles. The van der Waals surface area contributed by atoms with E-state index in [1.54, 1.807) is 12.3 Å². The number of anilines is 2. The lowest BCUT2D eigenvalue weighted by Crippen LogP contribution is -2.45. The molecule has 1 aromatic carbocycles. The topological polar surface area (TPSA) is 114 Å². The first-order valence-electron chi connectivity index (χ1n) is 14.7. The van der Waals surface area contributed by atoms with E-state index in [4.69, 9.17) is 47.4 Å². The van der Waals surface area contributed by atoms with E-state index >= 15 is 0 Å². The molecule has 0 saturated carbocycles. The predicted octanol–water partition coefficient (Wildman–Crippen LogP) is 4.64. The van der Waals surface area contributed by atoms with Gasteiger partial charge >= 0.3 is 0 Å². The SMILES string of the molecule is C=CC(=O)C[C@H]1CCOC[C@H]1Nc1ncc2cc(-c3c(Cl)c(OC)cc(OC)c3Cl)nc(NCCN3CCN(C)CC3)c2n1. The number of nitrogens with zero attached hydrogens (tertiary/aromatic N) is 5. The van der Waals surface area contributed by atoms with E-state index in [9.17, 15) is 4.79 Å². The van der Waals surface area contributed by atoms with Gasteiger partial charge in [-0.25, -0.2) is 15.0 Å². The van der Waals surface area contributed by atoms with Crippen molar-refractivity contribution in [3.05, 3.63) is 41.0 Å². The number of pyridine rings is 1. The van der Waals surface area contributed by atoms with Gasteiger partial charge in [-0.1, -0.05) is 29.8 Å². The van der Waals surface area contributed by atoms with Gasteiger partial charge < -0.3 is 29.7 Å². The largest absolute Gasteiger partial charge is 0.495 e. The van der Waals surface area contributed by atoms with E-state index in [1.165, 1.54) is 20.3 Å². The summed E-state index contributed by atoms with van der Waals surface area (Å²) in [4.78, 5) is 31.4. The van der Waals surface area contributed by atoms with Crippen LogP contribution < -0.4 is 20.1 Å². The zero-order chi connectivity index (χ0) is 31.2. The van der Waals surface area contributed by atoms with Crippen molar-refractivity contribution in [3.63, 3.8) is 0 Å². The van der Waals surface area contributed by atoms with Gasteiger partial charge in [-0.05, 0) is 31.5 Å². The number of carbonyl (C=O) groups is 1. The van der Waals surface area contributed by atoms with Crippen LogP contribution in [0.4, 0.5) is 11.8 Å². The second kappa shape index (κ2) is 14.7. The number of aromatic nitrogens is 3. The monoisotopic (exact) mass is 643 g/mol. The molecule has 2 saturated heterocycles. The summed E-state index contributed by atoms with van der Waals surface area (Å²) in [7, 11) is 5.22. The standard InChI is InChI=1S/C31H39Cl2N7O4/c1-5-21(41)14-19-6-13-44-18-23(19)37-31-35-17-20-15-22(26-27(32)24(42-3)16-25(43-4)28(26)33)36-30(29(20)38-31)34-7-8-40-11-9-39(2)10-12-40/h5,15-17,19,23H,1,6-14,18H2,2-4H3,(H,34,36)(H,35,37,38)/t19-,23-/m1/s1. The van der Waals surface area contributed by atoms with Gasteiger partial charge in [0.1, 0.15) is 17.0 Å². The van der Waals surface area contributed by atoms with Crippen LogP contribution in [-0.2, 0) is 9.53 Å². The molecule has 0 amide bonds. The van der Waals surface area contributed by atoms with Gasteiger partial charge in [0.05, 0.1) is 42.6 Å². The van der Waals surface area contributed by atoms with Crippen molar-refractivity contribution in [2.45, 2.75) is 18.9 Å². The Balaban J connectivity index is 1.50. The number of benzene rings is 1. The Labute approximate surface area is 267 Å². The molecule has 0 bridgehead atoms. The highest BCUT2D eigenvalue weighted by Gasteiger charge is 2.28. The number of halogens is 2. The van der Waals surface area contributed by atoms with Crippen molar-refractivity contribution < 1.29 is 19.0 Å². The molecule has 5 rings (SSSR count). The Morgan fingerprint density at radius 2 is 1.86 bits per heavy atom. The summed E-state index contributed by atoms with van der Waals surface area (Å²) < 4.78 is 16.7. The Hall–Kier alpha value is -3.22. The maximum absolute atomic E-state index is 12.1. The highest BCUT2D eigenvalue weighted by molar-refractivity contribution is 6.41. The molecule has 2 fully saturated rings. The van der Waals surface area contributed by atoms with E-state index in [2.05, 4.69) is 39.0 Å². The van der Waals surface area contributed by atoms with Crippen molar-refractivity contribution in [2.24, 2.45) is 5.92 Å². The first-order valence-corrected chi connectivity index (χ1v) is 15.5. The molecule has 2 N–H and O–H groups in total. The Morgan fingerprint density at radius 1 is 1.14 bits per heavy atom. The molecule has 3 aromatic rings. The summed E-state index contributed by atoms with van der Waals surface area (Å²) in [6.07, 6.45) is 4.28. The van der Waals surface area contributed by atoms with Crippen molar-refractivity contribution in [1.29, 1.82) is 0 Å². The van der Waals surface area contributed by atoms with E-state index in [0.717, 1.165) is 44.5 Å². The molecule has 11 nitrogen and oxygen atoms in total. The molecular weight excluding hydrogens is 605 g/mol. The molecule has 2 aromatic heterocycles. The maximum atomic E-state index is 12.1. The number of piperazine rings is 1. The van der Waals surface area contributed by atoms with Gasteiger partial charge in [-0.2, -0.15) is 0 Å². The zero-order valence-corrected chi connectivity index (χ0v) is 26.9. The molecule has 236 valence electrons. The van der Waals surface area contributed by atoms with Crippen molar-refractivity contribution >= 4 is 51.7 Å². The highest BCUT2D eigenvalue weighted by atomic mass is 35.5. The second-order valence-electron chi connectivity index (χ2n) is 11.1. The molecule has 0 unspecified atom stereocenters. The Morgan fingerprint density at radius 3 is 2.55 bits per heavy atom. The third-order valence-corrected chi connectivity index (χ3v) is 8.97. The number of methoxy groups -OCH3 is 2. The minimum Gasteiger partial charge on any atom is -0.495 e. The number of ketones is 1. The summed E-state index contributed by atoms with van der Waals surface area (Å²) in [6.45, 7) is 10.3. The second-order valence-corrected chi connectivity index (χ2v) is 11.8. The van der Waals surface area contributed by atoms with Crippen LogP contribution in [0.1, 0.15) is 12.8 Å². The number of likely N-dealkylation sites (N-methyl/N-ethyl adjacent to an activating group) is 1. The zero-order valence-electron chi connectivity index (χ0n) is 25.4. The Kier molecular flexibility index (Phi) is 10.8. The molecule has 0 aliphatic carbocycles. The van der Waals surface area contributed by atoms with Gasteiger partial charge in [-0.15, -0.1) is 0 Å². The predicted molar refractivity (Wildman–Crippen MR) is 174 cm³/mol. The lowest BCUT2D eigenvalue weighted by Gasteiger charge is -2.32.